The summed E-state index contributed by atoms with van der Waals surface area (Å²) in [6, 6.07) is 0. The normalized spacial score (nSPS) is 56.8. The van der Waals surface area contributed by atoms with Crippen LogP contribution in [0.25, 0.3) is 0 Å². The molecule has 0 saturated heterocycles. The van der Waals surface area contributed by atoms with E-state index in [9.17, 15) is 9.90 Å². The van der Waals surface area contributed by atoms with Crippen LogP contribution in [0.4, 0.5) is 0 Å². The van der Waals surface area contributed by atoms with Crippen LogP contribution in [0.15, 0.2) is 0 Å². The van der Waals surface area contributed by atoms with Gasteiger partial charge in [-0.2, -0.15) is 0 Å². The molecule has 0 radical (unpaired) electrons. The number of rotatable bonds is 0. The molecule has 5 fully saturated rings. The lowest BCUT2D eigenvalue weighted by Crippen LogP contribution is -2.55. The molecule has 0 heterocycles. The standard InChI is InChI=1S/C22H34O2/c1-21-9-6-16(23)12-14(21)2-4-18-19(21)8-11-22-10-7-17(24)13-15(22)3-5-20(18)22/h14-16,18-20,23H,2-13H2,1H3/t14-,15?,16+,18?,19?,20?,21-,22?/m0/s1. The van der Waals surface area contributed by atoms with Crippen molar-refractivity contribution < 1.29 is 9.90 Å². The molecule has 0 amide bonds. The second kappa shape index (κ2) is 5.32. The van der Waals surface area contributed by atoms with E-state index in [-0.39, 0.29) is 6.10 Å². The van der Waals surface area contributed by atoms with E-state index in [2.05, 4.69) is 6.92 Å². The Kier molecular flexibility index (Phi) is 3.51. The number of ketones is 1. The molecule has 0 aromatic heterocycles. The Morgan fingerprint density at radius 2 is 1.75 bits per heavy atom. The van der Waals surface area contributed by atoms with E-state index >= 15 is 0 Å². The highest BCUT2D eigenvalue weighted by atomic mass is 16.3. The molecule has 2 heteroatoms. The molecular formula is C22H34O2. The zero-order valence-electron chi connectivity index (χ0n) is 15.3. The summed E-state index contributed by atoms with van der Waals surface area (Å²) in [5.74, 6) is 4.78. The lowest BCUT2D eigenvalue weighted by atomic mass is 9.43. The third-order valence-corrected chi connectivity index (χ3v) is 9.88. The molecule has 5 aliphatic carbocycles. The fourth-order valence-electron chi connectivity index (χ4n) is 8.72. The minimum Gasteiger partial charge on any atom is -0.393 e. The van der Waals surface area contributed by atoms with Gasteiger partial charge < -0.3 is 5.11 Å². The molecule has 0 aromatic rings. The topological polar surface area (TPSA) is 37.3 Å². The van der Waals surface area contributed by atoms with Gasteiger partial charge in [-0.3, -0.25) is 4.79 Å². The Hall–Kier alpha value is -0.370. The number of fused-ring (bicyclic) bond motifs is 4. The SMILES string of the molecule is C[C@]12CC[C@@H](O)C[C@@H]1CCC1C3CCC4CC(=O)CCC43CCC12. The van der Waals surface area contributed by atoms with Crippen LogP contribution in [0.3, 0.4) is 0 Å². The first-order valence-corrected chi connectivity index (χ1v) is 10.7. The Morgan fingerprint density at radius 3 is 2.62 bits per heavy atom. The summed E-state index contributed by atoms with van der Waals surface area (Å²) in [5.41, 5.74) is 1.04. The van der Waals surface area contributed by atoms with Gasteiger partial charge >= 0.3 is 0 Å². The molecule has 5 saturated carbocycles. The van der Waals surface area contributed by atoms with Gasteiger partial charge in [0, 0.05) is 12.8 Å². The number of Topliss-reactive ketones (excluding diaryl/α,β-unsaturated/α-hetero) is 1. The fourth-order valence-corrected chi connectivity index (χ4v) is 8.72. The lowest BCUT2D eigenvalue weighted by Gasteiger charge is -2.62. The number of carbonyl (C=O) groups is 1. The number of aliphatic hydroxyl groups excluding tert-OH is 1. The van der Waals surface area contributed by atoms with E-state index < -0.39 is 0 Å². The first-order valence-electron chi connectivity index (χ1n) is 10.7. The van der Waals surface area contributed by atoms with Gasteiger partial charge in [-0.15, -0.1) is 0 Å². The molecule has 0 aromatic carbocycles. The molecule has 5 aliphatic rings. The highest BCUT2D eigenvalue weighted by Crippen LogP contribution is 2.69. The van der Waals surface area contributed by atoms with Gasteiger partial charge in [0.2, 0.25) is 0 Å². The predicted octanol–water partition coefficient (Wildman–Crippen LogP) is 4.74. The zero-order valence-corrected chi connectivity index (χ0v) is 15.3. The highest BCUT2D eigenvalue weighted by Gasteiger charge is 2.62. The second-order valence-corrected chi connectivity index (χ2v) is 10.4. The van der Waals surface area contributed by atoms with Crippen LogP contribution in [0.2, 0.25) is 0 Å². The summed E-state index contributed by atoms with van der Waals surface area (Å²) in [5, 5.41) is 10.2. The minimum absolute atomic E-state index is 0.0326. The van der Waals surface area contributed by atoms with Crippen molar-refractivity contribution in [3.63, 3.8) is 0 Å². The highest BCUT2D eigenvalue weighted by molar-refractivity contribution is 5.79. The maximum absolute atomic E-state index is 12.0. The molecule has 5 rings (SSSR count). The van der Waals surface area contributed by atoms with Crippen molar-refractivity contribution >= 4 is 5.78 Å². The smallest absolute Gasteiger partial charge is 0.133 e. The molecule has 0 aliphatic heterocycles. The van der Waals surface area contributed by atoms with Crippen molar-refractivity contribution in [3.8, 4) is 0 Å². The zero-order chi connectivity index (χ0) is 16.5. The van der Waals surface area contributed by atoms with E-state index in [1.54, 1.807) is 0 Å². The molecule has 24 heavy (non-hydrogen) atoms. The number of hydrogen-bond acceptors (Lipinski definition) is 2. The first kappa shape index (κ1) is 15.9. The van der Waals surface area contributed by atoms with Gasteiger partial charge in [-0.05, 0) is 105 Å². The fraction of sp³-hybridized carbons (Fsp3) is 0.955. The Morgan fingerprint density at radius 1 is 0.917 bits per heavy atom. The number of carbonyl (C=O) groups excluding carboxylic acids is 1. The summed E-state index contributed by atoms with van der Waals surface area (Å²) >= 11 is 0. The largest absolute Gasteiger partial charge is 0.393 e. The Balaban J connectivity index is 1.44. The number of hydrogen-bond donors (Lipinski definition) is 1. The van der Waals surface area contributed by atoms with Gasteiger partial charge in [0.15, 0.2) is 0 Å². The molecule has 1 spiro atoms. The summed E-state index contributed by atoms with van der Waals surface area (Å²) < 4.78 is 0. The van der Waals surface area contributed by atoms with Crippen LogP contribution in [-0.4, -0.2) is 17.0 Å². The molecule has 0 bridgehead atoms. The lowest BCUT2D eigenvalue weighted by molar-refractivity contribution is -0.144. The summed E-state index contributed by atoms with van der Waals surface area (Å²) in [4.78, 5) is 12.0. The summed E-state index contributed by atoms with van der Waals surface area (Å²) in [6.45, 7) is 2.58. The van der Waals surface area contributed by atoms with Crippen molar-refractivity contribution in [2.24, 2.45) is 40.4 Å². The van der Waals surface area contributed by atoms with Gasteiger partial charge in [0.05, 0.1) is 6.10 Å². The van der Waals surface area contributed by atoms with Crippen LogP contribution < -0.4 is 0 Å². The molecular weight excluding hydrogens is 296 g/mol. The van der Waals surface area contributed by atoms with E-state index in [1.807, 2.05) is 0 Å². The van der Waals surface area contributed by atoms with E-state index in [1.165, 1.54) is 51.4 Å². The summed E-state index contributed by atoms with van der Waals surface area (Å²) in [6.07, 6.45) is 14.6. The van der Waals surface area contributed by atoms with Gasteiger partial charge in [0.1, 0.15) is 5.78 Å². The monoisotopic (exact) mass is 330 g/mol. The Labute approximate surface area is 146 Å². The van der Waals surface area contributed by atoms with Crippen molar-refractivity contribution in [1.29, 1.82) is 0 Å². The third kappa shape index (κ3) is 2.01. The van der Waals surface area contributed by atoms with Gasteiger partial charge in [0.25, 0.3) is 0 Å². The van der Waals surface area contributed by atoms with Crippen molar-refractivity contribution in [2.45, 2.75) is 90.1 Å². The molecule has 134 valence electrons. The maximum atomic E-state index is 12.0. The Bertz CT molecular complexity index is 542. The van der Waals surface area contributed by atoms with Gasteiger partial charge in [-0.25, -0.2) is 0 Å². The van der Waals surface area contributed by atoms with Crippen LogP contribution in [0.5, 0.6) is 0 Å². The summed E-state index contributed by atoms with van der Waals surface area (Å²) in [7, 11) is 0. The molecule has 2 nitrogen and oxygen atoms in total. The third-order valence-electron chi connectivity index (χ3n) is 9.88. The first-order chi connectivity index (χ1) is 11.5. The molecule has 1 N–H and O–H groups in total. The number of aliphatic hydroxyl groups is 1. The predicted molar refractivity (Wildman–Crippen MR) is 94.4 cm³/mol. The van der Waals surface area contributed by atoms with Crippen molar-refractivity contribution in [1.82, 2.24) is 0 Å². The van der Waals surface area contributed by atoms with Crippen LogP contribution in [0.1, 0.15) is 84.0 Å². The van der Waals surface area contributed by atoms with Crippen LogP contribution in [0, 0.1) is 40.4 Å². The van der Waals surface area contributed by atoms with Crippen molar-refractivity contribution in [2.75, 3.05) is 0 Å². The van der Waals surface area contributed by atoms with E-state index in [0.29, 0.717) is 16.6 Å². The maximum Gasteiger partial charge on any atom is 0.133 e. The average molecular weight is 331 g/mol. The quantitative estimate of drug-likeness (QED) is 0.696. The van der Waals surface area contributed by atoms with Crippen molar-refractivity contribution in [3.05, 3.63) is 0 Å². The van der Waals surface area contributed by atoms with E-state index in [0.717, 1.165) is 55.3 Å². The van der Waals surface area contributed by atoms with Crippen LogP contribution in [-0.2, 0) is 4.79 Å². The minimum atomic E-state index is -0.0326. The average Bonchev–Trinajstić information content (AvgIpc) is 2.94. The van der Waals surface area contributed by atoms with E-state index in [4.69, 9.17) is 0 Å². The van der Waals surface area contributed by atoms with Gasteiger partial charge in [-0.1, -0.05) is 6.92 Å². The molecule has 5 unspecified atom stereocenters. The van der Waals surface area contributed by atoms with Crippen LogP contribution >= 0.6 is 0 Å². The molecule has 8 atom stereocenters. The second-order valence-electron chi connectivity index (χ2n) is 10.4.